The summed E-state index contributed by atoms with van der Waals surface area (Å²) in [5, 5.41) is 11.7. The van der Waals surface area contributed by atoms with Crippen LogP contribution in [-0.2, 0) is 4.79 Å². The van der Waals surface area contributed by atoms with Crippen LogP contribution >= 0.6 is 0 Å². The third-order valence-corrected chi connectivity index (χ3v) is 3.88. The topological polar surface area (TPSA) is 86.7 Å². The second-order valence-corrected chi connectivity index (χ2v) is 5.50. The van der Waals surface area contributed by atoms with Gasteiger partial charge in [0.05, 0.1) is 5.41 Å². The number of carbonyl (C=O) groups excluding carboxylic acids is 2. The van der Waals surface area contributed by atoms with Gasteiger partial charge in [0, 0.05) is 31.3 Å². The second-order valence-electron chi connectivity index (χ2n) is 5.50. The number of amides is 2. The van der Waals surface area contributed by atoms with Crippen LogP contribution in [0.15, 0.2) is 24.3 Å². The van der Waals surface area contributed by atoms with E-state index in [9.17, 15) is 19.5 Å². The van der Waals surface area contributed by atoms with Crippen LogP contribution in [-0.4, -0.2) is 47.9 Å². The zero-order valence-electron chi connectivity index (χ0n) is 12.0. The first kappa shape index (κ1) is 15.0. The van der Waals surface area contributed by atoms with E-state index in [1.807, 2.05) is 0 Å². The molecular formula is C15H18N2O4. The van der Waals surface area contributed by atoms with E-state index in [2.05, 4.69) is 5.32 Å². The Bertz CT molecular complexity index is 599. The first-order chi connectivity index (χ1) is 9.87. The summed E-state index contributed by atoms with van der Waals surface area (Å²) in [7, 11) is 1.52. The monoisotopic (exact) mass is 290 g/mol. The maximum Gasteiger partial charge on any atom is 0.311 e. The molecule has 0 radical (unpaired) electrons. The zero-order valence-corrected chi connectivity index (χ0v) is 12.0. The lowest BCUT2D eigenvalue weighted by atomic mass is 9.90. The van der Waals surface area contributed by atoms with Crippen molar-refractivity contribution in [1.82, 2.24) is 10.2 Å². The van der Waals surface area contributed by atoms with Crippen molar-refractivity contribution >= 4 is 17.8 Å². The van der Waals surface area contributed by atoms with Gasteiger partial charge < -0.3 is 15.3 Å². The number of likely N-dealkylation sites (tertiary alicyclic amines) is 1. The van der Waals surface area contributed by atoms with Crippen LogP contribution in [0.25, 0.3) is 0 Å². The quantitative estimate of drug-likeness (QED) is 0.869. The summed E-state index contributed by atoms with van der Waals surface area (Å²) in [6.45, 7) is 2.24. The van der Waals surface area contributed by atoms with Crippen LogP contribution in [0.2, 0.25) is 0 Å². The van der Waals surface area contributed by atoms with Gasteiger partial charge in [-0.15, -0.1) is 0 Å². The molecule has 1 aromatic carbocycles. The van der Waals surface area contributed by atoms with Gasteiger partial charge in [0.25, 0.3) is 11.8 Å². The summed E-state index contributed by atoms with van der Waals surface area (Å²) >= 11 is 0. The molecular weight excluding hydrogens is 272 g/mol. The molecule has 112 valence electrons. The lowest BCUT2D eigenvalue weighted by Gasteiger charge is -2.20. The largest absolute Gasteiger partial charge is 0.481 e. The van der Waals surface area contributed by atoms with E-state index < -0.39 is 11.4 Å². The molecule has 0 aliphatic carbocycles. The van der Waals surface area contributed by atoms with E-state index in [4.69, 9.17) is 0 Å². The Balaban J connectivity index is 2.18. The lowest BCUT2D eigenvalue weighted by Crippen LogP contribution is -2.35. The van der Waals surface area contributed by atoms with Crippen LogP contribution in [0.1, 0.15) is 34.1 Å². The predicted molar refractivity (Wildman–Crippen MR) is 76.1 cm³/mol. The number of carbonyl (C=O) groups is 3. The highest BCUT2D eigenvalue weighted by atomic mass is 16.4. The normalized spacial score (nSPS) is 21.1. The minimum Gasteiger partial charge on any atom is -0.481 e. The first-order valence-corrected chi connectivity index (χ1v) is 6.72. The Morgan fingerprint density at radius 2 is 1.95 bits per heavy atom. The molecule has 1 saturated heterocycles. The fraction of sp³-hybridized carbons (Fsp3) is 0.400. The molecule has 6 heteroatoms. The molecule has 2 amide bonds. The molecule has 1 heterocycles. The van der Waals surface area contributed by atoms with Gasteiger partial charge in [-0.25, -0.2) is 0 Å². The van der Waals surface area contributed by atoms with Gasteiger partial charge >= 0.3 is 5.97 Å². The molecule has 1 unspecified atom stereocenters. The van der Waals surface area contributed by atoms with Crippen molar-refractivity contribution in [2.75, 3.05) is 20.1 Å². The second kappa shape index (κ2) is 5.55. The third-order valence-electron chi connectivity index (χ3n) is 3.88. The fourth-order valence-electron chi connectivity index (χ4n) is 2.43. The van der Waals surface area contributed by atoms with Crippen molar-refractivity contribution in [3.63, 3.8) is 0 Å². The van der Waals surface area contributed by atoms with Crippen molar-refractivity contribution in [3.05, 3.63) is 35.4 Å². The number of aliphatic carboxylic acids is 1. The molecule has 1 atom stereocenters. The van der Waals surface area contributed by atoms with Crippen molar-refractivity contribution in [1.29, 1.82) is 0 Å². The van der Waals surface area contributed by atoms with E-state index in [-0.39, 0.29) is 18.4 Å². The predicted octanol–water partition coefficient (Wildman–Crippen LogP) is 0.983. The lowest BCUT2D eigenvalue weighted by molar-refractivity contribution is -0.147. The first-order valence-electron chi connectivity index (χ1n) is 6.72. The number of carboxylic acid groups (broad SMARTS) is 1. The zero-order chi connectivity index (χ0) is 15.6. The molecule has 0 bridgehead atoms. The smallest absolute Gasteiger partial charge is 0.311 e. The van der Waals surface area contributed by atoms with Crippen LogP contribution in [0.4, 0.5) is 0 Å². The maximum absolute atomic E-state index is 12.4. The average Bonchev–Trinajstić information content (AvgIpc) is 2.89. The van der Waals surface area contributed by atoms with Gasteiger partial charge in [-0.1, -0.05) is 6.07 Å². The highest BCUT2D eigenvalue weighted by Crippen LogP contribution is 2.31. The van der Waals surface area contributed by atoms with Gasteiger partial charge in [-0.05, 0) is 31.5 Å². The molecule has 0 aromatic heterocycles. The minimum atomic E-state index is -0.895. The molecule has 0 spiro atoms. The highest BCUT2D eigenvalue weighted by Gasteiger charge is 2.42. The Kier molecular flexibility index (Phi) is 3.97. The summed E-state index contributed by atoms with van der Waals surface area (Å²) in [6, 6.07) is 6.42. The molecule has 6 nitrogen and oxygen atoms in total. The summed E-state index contributed by atoms with van der Waals surface area (Å²) in [4.78, 5) is 36.8. The Labute approximate surface area is 122 Å². The number of nitrogens with zero attached hydrogens (tertiary/aromatic N) is 1. The van der Waals surface area contributed by atoms with E-state index >= 15 is 0 Å². The Morgan fingerprint density at radius 3 is 2.52 bits per heavy atom. The number of hydrogen-bond acceptors (Lipinski definition) is 3. The van der Waals surface area contributed by atoms with Gasteiger partial charge in [-0.3, -0.25) is 14.4 Å². The van der Waals surface area contributed by atoms with Gasteiger partial charge in [-0.2, -0.15) is 0 Å². The van der Waals surface area contributed by atoms with Crippen molar-refractivity contribution in [2.45, 2.75) is 13.3 Å². The fourth-order valence-corrected chi connectivity index (χ4v) is 2.43. The van der Waals surface area contributed by atoms with E-state index in [0.29, 0.717) is 24.1 Å². The molecule has 21 heavy (non-hydrogen) atoms. The van der Waals surface area contributed by atoms with Crippen molar-refractivity contribution in [3.8, 4) is 0 Å². The molecule has 0 saturated carbocycles. The number of nitrogens with one attached hydrogen (secondary N) is 1. The third kappa shape index (κ3) is 2.89. The van der Waals surface area contributed by atoms with Crippen LogP contribution in [0, 0.1) is 5.41 Å². The standard InChI is InChI=1S/C15H18N2O4/c1-15(14(20)21)6-7-17(9-15)13(19)11-5-3-4-10(8-11)12(18)16-2/h3-5,8H,6-7,9H2,1-2H3,(H,16,18)(H,20,21). The van der Waals surface area contributed by atoms with Crippen molar-refractivity contribution < 1.29 is 19.5 Å². The van der Waals surface area contributed by atoms with Gasteiger partial charge in [0.15, 0.2) is 0 Å². The van der Waals surface area contributed by atoms with Crippen LogP contribution < -0.4 is 5.32 Å². The van der Waals surface area contributed by atoms with Crippen LogP contribution in [0.5, 0.6) is 0 Å². The number of rotatable bonds is 3. The van der Waals surface area contributed by atoms with E-state index in [0.717, 1.165) is 0 Å². The summed E-state index contributed by atoms with van der Waals surface area (Å²) in [5.74, 6) is -1.40. The molecule has 2 N–H and O–H groups in total. The molecule has 2 rings (SSSR count). The van der Waals surface area contributed by atoms with Gasteiger partial charge in [0.1, 0.15) is 0 Å². The SMILES string of the molecule is CNC(=O)c1cccc(C(=O)N2CCC(C)(C(=O)O)C2)c1. The van der Waals surface area contributed by atoms with Gasteiger partial charge in [0.2, 0.25) is 0 Å². The molecule has 1 fully saturated rings. The minimum absolute atomic E-state index is 0.186. The summed E-state index contributed by atoms with van der Waals surface area (Å²) in [6.07, 6.45) is 0.434. The van der Waals surface area contributed by atoms with E-state index in [1.165, 1.54) is 18.0 Å². The van der Waals surface area contributed by atoms with E-state index in [1.54, 1.807) is 25.1 Å². The number of hydrogen-bond donors (Lipinski definition) is 2. The Morgan fingerprint density at radius 1 is 1.29 bits per heavy atom. The van der Waals surface area contributed by atoms with Crippen LogP contribution in [0.3, 0.4) is 0 Å². The maximum atomic E-state index is 12.4. The van der Waals surface area contributed by atoms with Crippen molar-refractivity contribution in [2.24, 2.45) is 5.41 Å². The highest BCUT2D eigenvalue weighted by molar-refractivity contribution is 5.99. The number of carboxylic acids is 1. The Hall–Kier alpha value is -2.37. The molecule has 1 aromatic rings. The summed E-state index contributed by atoms with van der Waals surface area (Å²) < 4.78 is 0. The summed E-state index contributed by atoms with van der Waals surface area (Å²) in [5.41, 5.74) is -0.0945. The molecule has 1 aliphatic rings. The average molecular weight is 290 g/mol. The molecule has 1 aliphatic heterocycles. The number of benzene rings is 1.